The van der Waals surface area contributed by atoms with Gasteiger partial charge in [0.15, 0.2) is 11.5 Å². The Bertz CT molecular complexity index is 1480. The molecule has 2 aliphatic heterocycles. The summed E-state index contributed by atoms with van der Waals surface area (Å²) in [6, 6.07) is 12.1. The number of rotatable bonds is 3. The number of aromatic amines is 1. The number of anilines is 1. The van der Waals surface area contributed by atoms with E-state index < -0.39 is 0 Å². The van der Waals surface area contributed by atoms with Crippen molar-refractivity contribution >= 4 is 52.2 Å². The van der Waals surface area contributed by atoms with E-state index in [9.17, 15) is 19.5 Å². The topological polar surface area (TPSA) is 99.7 Å². The number of nitrogens with one attached hydrogen (secondary N) is 1. The fourth-order valence-electron chi connectivity index (χ4n) is 7.12. The van der Waals surface area contributed by atoms with Crippen molar-refractivity contribution in [3.63, 3.8) is 0 Å². The van der Waals surface area contributed by atoms with Crippen LogP contribution < -0.4 is 14.5 Å². The molecule has 7 atom stereocenters. The first-order chi connectivity index (χ1) is 17.4. The molecule has 1 aromatic heterocycles. The van der Waals surface area contributed by atoms with Crippen LogP contribution in [0.25, 0.3) is 0 Å². The van der Waals surface area contributed by atoms with Crippen LogP contribution in [0.5, 0.6) is 11.5 Å². The predicted octanol–water partition coefficient (Wildman–Crippen LogP) is 4.48. The van der Waals surface area contributed by atoms with E-state index in [-0.39, 0.29) is 63.2 Å². The van der Waals surface area contributed by atoms with Crippen molar-refractivity contribution in [2.75, 3.05) is 12.0 Å². The van der Waals surface area contributed by atoms with Crippen molar-refractivity contribution in [2.24, 2.45) is 29.6 Å². The van der Waals surface area contributed by atoms with Gasteiger partial charge >= 0.3 is 4.87 Å². The number of benzene rings is 2. The summed E-state index contributed by atoms with van der Waals surface area (Å²) >= 11 is 8.89. The molecule has 4 aliphatic rings. The second-order valence-corrected chi connectivity index (χ2v) is 12.5. The molecule has 2 aromatic carbocycles. The minimum Gasteiger partial charge on any atom is -0.504 e. The van der Waals surface area contributed by atoms with Crippen molar-refractivity contribution in [2.45, 2.75) is 22.6 Å². The number of thioether (sulfide) groups is 1. The summed E-state index contributed by atoms with van der Waals surface area (Å²) in [5.41, 5.74) is 1.49. The van der Waals surface area contributed by atoms with E-state index >= 15 is 0 Å². The Morgan fingerprint density at radius 1 is 1.06 bits per heavy atom. The van der Waals surface area contributed by atoms with Gasteiger partial charge in [-0.1, -0.05) is 29.0 Å². The number of nitrogens with zero attached hydrogens (tertiary/aromatic N) is 1. The maximum atomic E-state index is 13.7. The van der Waals surface area contributed by atoms with Crippen molar-refractivity contribution in [1.29, 1.82) is 0 Å². The highest BCUT2D eigenvalue weighted by Crippen LogP contribution is 2.68. The molecule has 0 spiro atoms. The van der Waals surface area contributed by atoms with Crippen LogP contribution in [0.3, 0.4) is 0 Å². The predicted molar refractivity (Wildman–Crippen MR) is 137 cm³/mol. The number of hydrogen-bond donors (Lipinski definition) is 2. The number of aromatic hydroxyl groups is 1. The molecule has 184 valence electrons. The van der Waals surface area contributed by atoms with Gasteiger partial charge in [0.2, 0.25) is 11.8 Å². The van der Waals surface area contributed by atoms with Crippen molar-refractivity contribution in [3.05, 3.63) is 67.6 Å². The Morgan fingerprint density at radius 3 is 2.50 bits per heavy atom. The largest absolute Gasteiger partial charge is 0.504 e. The highest BCUT2D eigenvalue weighted by Gasteiger charge is 2.69. The third-order valence-corrected chi connectivity index (χ3v) is 11.2. The number of aromatic nitrogens is 1. The zero-order valence-electron chi connectivity index (χ0n) is 19.0. The van der Waals surface area contributed by atoms with Crippen LogP contribution in [-0.4, -0.2) is 34.3 Å². The second kappa shape index (κ2) is 7.87. The lowest BCUT2D eigenvalue weighted by Gasteiger charge is -2.43. The van der Waals surface area contributed by atoms with E-state index in [0.717, 1.165) is 21.9 Å². The van der Waals surface area contributed by atoms with E-state index in [1.54, 1.807) is 42.1 Å². The molecular weight excluding hydrogens is 520 g/mol. The molecule has 2 amide bonds. The summed E-state index contributed by atoms with van der Waals surface area (Å²) in [6.45, 7) is 0. The Hall–Kier alpha value is -2.75. The molecule has 3 aromatic rings. The SMILES string of the molecule is COc1cc([C@@H]2c3sc(=O)[nH]c3S[C@@H]3[C@@H]4C[C@H]([C@H]5C(=O)N(c6ccc(Cl)cc6)C(=O)[C@H]45)[C@H]23)ccc1O. The van der Waals surface area contributed by atoms with Crippen LogP contribution in [-0.2, 0) is 9.59 Å². The Balaban J connectivity index is 1.33. The lowest BCUT2D eigenvalue weighted by Crippen LogP contribution is -2.42. The summed E-state index contributed by atoms with van der Waals surface area (Å²) in [7, 11) is 1.51. The molecule has 3 fully saturated rings. The van der Waals surface area contributed by atoms with E-state index in [0.29, 0.717) is 16.5 Å². The van der Waals surface area contributed by atoms with Gasteiger partial charge in [-0.2, -0.15) is 0 Å². The van der Waals surface area contributed by atoms with Crippen LogP contribution in [0, 0.1) is 29.6 Å². The van der Waals surface area contributed by atoms with Gasteiger partial charge in [-0.3, -0.25) is 19.3 Å². The van der Waals surface area contributed by atoms with Crippen LogP contribution in [0.4, 0.5) is 5.69 Å². The summed E-state index contributed by atoms with van der Waals surface area (Å²) in [4.78, 5) is 45.0. The standard InChI is InChI=1S/C26H21ClN2O5S2/c1-34-16-8-10(2-7-15(16)30)17-18-13-9-14(21(18)35-23-22(17)36-26(33)28-23)20-19(13)24(31)29(25(20)32)12-5-3-11(27)4-6-12/h2-8,13-14,17-21,30H,9H2,1H3,(H,28,33)/t13-,14+,17-,18+,19+,20+,21+/m0/s1. The Labute approximate surface area is 219 Å². The third-order valence-electron chi connectivity index (χ3n) is 8.37. The number of phenols is 1. The van der Waals surface area contributed by atoms with E-state index in [4.69, 9.17) is 16.3 Å². The fourth-order valence-corrected chi connectivity index (χ4v) is 10.1. The lowest BCUT2D eigenvalue weighted by molar-refractivity contribution is -0.123. The van der Waals surface area contributed by atoms with Gasteiger partial charge in [0.05, 0.1) is 29.7 Å². The smallest absolute Gasteiger partial charge is 0.305 e. The number of phenolic OH excluding ortho intramolecular Hbond substituents is 1. The van der Waals surface area contributed by atoms with Crippen molar-refractivity contribution in [3.8, 4) is 11.5 Å². The number of H-pyrrole nitrogens is 1. The first-order valence-corrected chi connectivity index (χ1v) is 13.8. The molecular formula is C26H21ClN2O5S2. The Morgan fingerprint density at radius 2 is 1.78 bits per heavy atom. The number of ether oxygens (including phenoxy) is 1. The fraction of sp³-hybridized carbons (Fsp3) is 0.346. The summed E-state index contributed by atoms with van der Waals surface area (Å²) in [5, 5.41) is 11.7. The van der Waals surface area contributed by atoms with Gasteiger partial charge in [-0.25, -0.2) is 0 Å². The van der Waals surface area contributed by atoms with Gasteiger partial charge < -0.3 is 14.8 Å². The van der Waals surface area contributed by atoms with E-state index in [1.807, 2.05) is 12.1 Å². The first kappa shape index (κ1) is 22.4. The molecule has 0 unspecified atom stereocenters. The van der Waals surface area contributed by atoms with Gasteiger partial charge in [-0.15, -0.1) is 11.8 Å². The number of fused-ring (bicyclic) bond motifs is 9. The molecule has 7 nitrogen and oxygen atoms in total. The molecule has 2 saturated carbocycles. The summed E-state index contributed by atoms with van der Waals surface area (Å²) in [5.74, 6) is -0.576. The van der Waals surface area contributed by atoms with E-state index in [2.05, 4.69) is 4.98 Å². The summed E-state index contributed by atoms with van der Waals surface area (Å²) in [6.07, 6.45) is 0.814. The molecule has 2 bridgehead atoms. The second-order valence-electron chi connectivity index (χ2n) is 9.88. The lowest BCUT2D eigenvalue weighted by atomic mass is 9.68. The third kappa shape index (κ3) is 2.96. The van der Waals surface area contributed by atoms with Gasteiger partial charge in [-0.05, 0) is 66.1 Å². The number of hydrogen-bond acceptors (Lipinski definition) is 7. The molecule has 1 saturated heterocycles. The minimum absolute atomic E-state index is 0.0152. The van der Waals surface area contributed by atoms with Crippen molar-refractivity contribution in [1.82, 2.24) is 4.98 Å². The monoisotopic (exact) mass is 540 g/mol. The molecule has 0 radical (unpaired) electrons. The van der Waals surface area contributed by atoms with Crippen molar-refractivity contribution < 1.29 is 19.4 Å². The van der Waals surface area contributed by atoms with Crippen LogP contribution in [0.1, 0.15) is 22.8 Å². The van der Waals surface area contributed by atoms with E-state index in [1.165, 1.54) is 23.3 Å². The molecule has 36 heavy (non-hydrogen) atoms. The number of carbonyl (C=O) groups is 2. The number of carbonyl (C=O) groups excluding carboxylic acids is 2. The normalized spacial score (nSPS) is 31.9. The van der Waals surface area contributed by atoms with Gasteiger partial charge in [0.1, 0.15) is 0 Å². The highest BCUT2D eigenvalue weighted by molar-refractivity contribution is 8.00. The number of halogens is 1. The first-order valence-electron chi connectivity index (χ1n) is 11.8. The number of methoxy groups -OCH3 is 1. The molecule has 2 N–H and O–H groups in total. The van der Waals surface area contributed by atoms with Gasteiger partial charge in [0.25, 0.3) is 0 Å². The highest BCUT2D eigenvalue weighted by atomic mass is 35.5. The quantitative estimate of drug-likeness (QED) is 0.475. The molecule has 10 heteroatoms. The zero-order chi connectivity index (χ0) is 24.9. The number of thiazole rings is 1. The zero-order valence-corrected chi connectivity index (χ0v) is 21.4. The number of amides is 2. The molecule has 2 aliphatic carbocycles. The average Bonchev–Trinajstić information content (AvgIpc) is 3.59. The minimum atomic E-state index is -0.376. The maximum absolute atomic E-state index is 13.7. The molecule has 3 heterocycles. The number of imide groups is 1. The van der Waals surface area contributed by atoms with Crippen LogP contribution >= 0.6 is 34.7 Å². The average molecular weight is 541 g/mol. The molecule has 7 rings (SSSR count). The van der Waals surface area contributed by atoms with Crippen LogP contribution in [0.2, 0.25) is 5.02 Å². The van der Waals surface area contributed by atoms with Gasteiger partial charge in [0, 0.05) is 21.1 Å². The maximum Gasteiger partial charge on any atom is 0.305 e. The Kier molecular flexibility index (Phi) is 4.91. The van der Waals surface area contributed by atoms with Crippen LogP contribution in [0.15, 0.2) is 52.3 Å². The summed E-state index contributed by atoms with van der Waals surface area (Å²) < 4.78 is 5.38.